The molecule has 0 amide bonds. The maximum Gasteiger partial charge on any atom is 0.211 e. The third kappa shape index (κ3) is 2.39. The first-order valence-electron chi connectivity index (χ1n) is 6.90. The number of rotatable bonds is 1. The monoisotopic (exact) mass is 273 g/mol. The molecule has 19 heavy (non-hydrogen) atoms. The molecule has 0 spiro atoms. The fourth-order valence-corrected chi connectivity index (χ4v) is 4.09. The first-order valence-corrected chi connectivity index (χ1v) is 7.78. The number of hydrogen-bond donors (Lipinski definition) is 0. The minimum absolute atomic E-state index is 0.190. The van der Waals surface area contributed by atoms with Crippen LogP contribution in [0.5, 0.6) is 0 Å². The van der Waals surface area contributed by atoms with Crippen LogP contribution in [0.2, 0.25) is 0 Å². The molecule has 3 heteroatoms. The number of fused-ring (bicyclic) bond motifs is 1. The van der Waals surface area contributed by atoms with E-state index in [4.69, 9.17) is 0 Å². The molecular weight excluding hydrogens is 254 g/mol. The van der Waals surface area contributed by atoms with Crippen molar-refractivity contribution in [2.24, 2.45) is 11.8 Å². The van der Waals surface area contributed by atoms with Crippen LogP contribution in [0, 0.1) is 11.8 Å². The van der Waals surface area contributed by atoms with Gasteiger partial charge in [-0.3, -0.25) is 4.79 Å². The van der Waals surface area contributed by atoms with Crippen molar-refractivity contribution in [2.45, 2.75) is 20.3 Å². The average Bonchev–Trinajstić information content (AvgIpc) is 2.38. The maximum absolute atomic E-state index is 12.6. The summed E-state index contributed by atoms with van der Waals surface area (Å²) in [5.41, 5.74) is 1.08. The van der Waals surface area contributed by atoms with E-state index in [0.29, 0.717) is 11.8 Å². The molecule has 1 aromatic heterocycles. The van der Waals surface area contributed by atoms with Crippen molar-refractivity contribution in [2.75, 3.05) is 18.0 Å². The van der Waals surface area contributed by atoms with Crippen molar-refractivity contribution in [1.29, 1.82) is 0 Å². The summed E-state index contributed by atoms with van der Waals surface area (Å²) in [4.78, 5) is 14.9. The van der Waals surface area contributed by atoms with E-state index in [0.717, 1.165) is 28.9 Å². The van der Waals surface area contributed by atoms with Gasteiger partial charge in [-0.2, -0.15) is 0 Å². The Kier molecular flexibility index (Phi) is 3.31. The summed E-state index contributed by atoms with van der Waals surface area (Å²) in [6.45, 7) is 6.56. The van der Waals surface area contributed by atoms with Crippen LogP contribution in [0.15, 0.2) is 34.4 Å². The number of piperidine rings is 1. The minimum Gasteiger partial charge on any atom is -0.367 e. The Morgan fingerprint density at radius 2 is 1.84 bits per heavy atom. The van der Waals surface area contributed by atoms with Crippen molar-refractivity contribution in [3.8, 4) is 0 Å². The molecule has 2 nitrogen and oxygen atoms in total. The summed E-state index contributed by atoms with van der Waals surface area (Å²) in [5, 5.41) is 2.89. The molecule has 0 N–H and O–H groups in total. The van der Waals surface area contributed by atoms with Gasteiger partial charge in [-0.15, -0.1) is 11.3 Å². The molecule has 0 unspecified atom stereocenters. The molecule has 1 fully saturated rings. The fourth-order valence-electron chi connectivity index (χ4n) is 3.15. The molecular formula is C16H19NOS. The SMILES string of the molecule is C[C@@H]1C[C@H](C)CN(c2csc3ccccc3c2=O)C1. The van der Waals surface area contributed by atoms with E-state index in [2.05, 4.69) is 18.7 Å². The predicted molar refractivity (Wildman–Crippen MR) is 83.3 cm³/mol. The number of anilines is 1. The summed E-state index contributed by atoms with van der Waals surface area (Å²) < 4.78 is 1.08. The molecule has 0 saturated carbocycles. The van der Waals surface area contributed by atoms with Gasteiger partial charge >= 0.3 is 0 Å². The van der Waals surface area contributed by atoms with Crippen LogP contribution in [-0.4, -0.2) is 13.1 Å². The Morgan fingerprint density at radius 1 is 1.16 bits per heavy atom. The summed E-state index contributed by atoms with van der Waals surface area (Å²) >= 11 is 1.67. The lowest BCUT2D eigenvalue weighted by atomic mass is 9.91. The molecule has 0 bridgehead atoms. The van der Waals surface area contributed by atoms with Gasteiger partial charge in [0.2, 0.25) is 5.43 Å². The van der Waals surface area contributed by atoms with Gasteiger partial charge in [-0.1, -0.05) is 26.0 Å². The molecule has 3 rings (SSSR count). The Balaban J connectivity index is 2.05. The van der Waals surface area contributed by atoms with Crippen LogP contribution in [0.1, 0.15) is 20.3 Å². The van der Waals surface area contributed by atoms with E-state index >= 15 is 0 Å². The zero-order valence-electron chi connectivity index (χ0n) is 11.4. The van der Waals surface area contributed by atoms with Gasteiger partial charge in [-0.05, 0) is 30.4 Å². The Bertz CT molecular complexity index is 638. The van der Waals surface area contributed by atoms with Crippen LogP contribution >= 0.6 is 11.3 Å². The lowest BCUT2D eigenvalue weighted by Crippen LogP contribution is -2.40. The Hall–Kier alpha value is -1.35. The quantitative estimate of drug-likeness (QED) is 0.789. The maximum atomic E-state index is 12.6. The highest BCUT2D eigenvalue weighted by Crippen LogP contribution is 2.27. The third-order valence-corrected chi connectivity index (χ3v) is 4.82. The molecule has 1 aliphatic rings. The number of benzene rings is 1. The first kappa shape index (κ1) is 12.7. The summed E-state index contributed by atoms with van der Waals surface area (Å²) in [6, 6.07) is 7.89. The highest BCUT2D eigenvalue weighted by molar-refractivity contribution is 7.16. The standard InChI is InChI=1S/C16H19NOS/c1-11-7-12(2)9-17(8-11)14-10-19-15-6-4-3-5-13(15)16(14)18/h3-6,10-12H,7-9H2,1-2H3/t11-,12+. The molecule has 1 saturated heterocycles. The van der Waals surface area contributed by atoms with Gasteiger partial charge in [-0.25, -0.2) is 0 Å². The normalized spacial score (nSPS) is 23.8. The van der Waals surface area contributed by atoms with E-state index in [1.165, 1.54) is 6.42 Å². The van der Waals surface area contributed by atoms with Gasteiger partial charge in [0.05, 0.1) is 5.69 Å². The van der Waals surface area contributed by atoms with Crippen LogP contribution < -0.4 is 10.3 Å². The smallest absolute Gasteiger partial charge is 0.211 e. The van der Waals surface area contributed by atoms with Crippen LogP contribution in [0.25, 0.3) is 10.1 Å². The summed E-state index contributed by atoms with van der Waals surface area (Å²) in [6.07, 6.45) is 1.27. The fraction of sp³-hybridized carbons (Fsp3) is 0.438. The molecule has 0 aliphatic carbocycles. The zero-order valence-corrected chi connectivity index (χ0v) is 12.2. The topological polar surface area (TPSA) is 20.3 Å². The van der Waals surface area contributed by atoms with E-state index in [9.17, 15) is 4.79 Å². The largest absolute Gasteiger partial charge is 0.367 e. The summed E-state index contributed by atoms with van der Waals surface area (Å²) in [7, 11) is 0. The molecule has 1 aromatic carbocycles. The molecule has 100 valence electrons. The van der Waals surface area contributed by atoms with Crippen molar-refractivity contribution in [1.82, 2.24) is 0 Å². The molecule has 1 aliphatic heterocycles. The van der Waals surface area contributed by atoms with Crippen LogP contribution in [0.3, 0.4) is 0 Å². The van der Waals surface area contributed by atoms with Gasteiger partial charge in [0, 0.05) is 28.6 Å². The van der Waals surface area contributed by atoms with Crippen molar-refractivity contribution < 1.29 is 0 Å². The molecule has 2 atom stereocenters. The first-order chi connectivity index (χ1) is 9.15. The van der Waals surface area contributed by atoms with E-state index in [1.807, 2.05) is 29.6 Å². The van der Waals surface area contributed by atoms with E-state index in [-0.39, 0.29) is 5.43 Å². The molecule has 2 aromatic rings. The highest BCUT2D eigenvalue weighted by atomic mass is 32.1. The second-order valence-electron chi connectivity index (χ2n) is 5.80. The van der Waals surface area contributed by atoms with Gasteiger partial charge in [0.15, 0.2) is 0 Å². The molecule has 2 heterocycles. The van der Waals surface area contributed by atoms with Crippen molar-refractivity contribution in [3.05, 3.63) is 39.9 Å². The van der Waals surface area contributed by atoms with E-state index in [1.54, 1.807) is 11.3 Å². The number of hydrogen-bond acceptors (Lipinski definition) is 3. The van der Waals surface area contributed by atoms with Crippen molar-refractivity contribution >= 4 is 27.1 Å². The third-order valence-electron chi connectivity index (χ3n) is 3.87. The highest BCUT2D eigenvalue weighted by Gasteiger charge is 2.23. The second kappa shape index (κ2) is 4.97. The Labute approximate surface area is 117 Å². The lowest BCUT2D eigenvalue weighted by Gasteiger charge is -2.36. The van der Waals surface area contributed by atoms with Gasteiger partial charge < -0.3 is 4.90 Å². The predicted octanol–water partition coefficient (Wildman–Crippen LogP) is 3.74. The second-order valence-corrected chi connectivity index (χ2v) is 6.71. The number of nitrogens with zero attached hydrogens (tertiary/aromatic N) is 1. The van der Waals surface area contributed by atoms with Crippen LogP contribution in [-0.2, 0) is 0 Å². The van der Waals surface area contributed by atoms with Gasteiger partial charge in [0.25, 0.3) is 0 Å². The average molecular weight is 273 g/mol. The summed E-state index contributed by atoms with van der Waals surface area (Å²) in [5.74, 6) is 1.33. The zero-order chi connectivity index (χ0) is 13.4. The van der Waals surface area contributed by atoms with Gasteiger partial charge in [0.1, 0.15) is 0 Å². The lowest BCUT2D eigenvalue weighted by molar-refractivity contribution is 0.356. The Morgan fingerprint density at radius 3 is 2.58 bits per heavy atom. The van der Waals surface area contributed by atoms with E-state index < -0.39 is 0 Å². The van der Waals surface area contributed by atoms with Crippen LogP contribution in [0.4, 0.5) is 5.69 Å². The van der Waals surface area contributed by atoms with Crippen molar-refractivity contribution in [3.63, 3.8) is 0 Å². The molecule has 0 radical (unpaired) electrons. The minimum atomic E-state index is 0.190.